The third-order valence-electron chi connectivity index (χ3n) is 4.21. The molecule has 1 unspecified atom stereocenters. The first-order chi connectivity index (χ1) is 11.7. The van der Waals surface area contributed by atoms with E-state index in [2.05, 4.69) is 27.4 Å². The molecule has 7 heteroatoms. The molecule has 2 aromatic heterocycles. The summed E-state index contributed by atoms with van der Waals surface area (Å²) in [6.07, 6.45) is 0. The lowest BCUT2D eigenvalue weighted by Crippen LogP contribution is -2.44. The SMILES string of the molecule is CN1CCNCC1c1noc(-c2ccc(-c3ccccc3Cl)o2)n1. The molecule has 3 aromatic rings. The molecule has 0 aliphatic carbocycles. The number of likely N-dealkylation sites (N-methyl/N-ethyl adjacent to an activating group) is 1. The Hall–Kier alpha value is -2.15. The summed E-state index contributed by atoms with van der Waals surface area (Å²) in [6.45, 7) is 2.72. The van der Waals surface area contributed by atoms with Crippen molar-refractivity contribution in [2.75, 3.05) is 26.7 Å². The van der Waals surface area contributed by atoms with E-state index in [1.54, 1.807) is 0 Å². The third-order valence-corrected chi connectivity index (χ3v) is 4.54. The second kappa shape index (κ2) is 6.39. The Morgan fingerprint density at radius 3 is 2.88 bits per heavy atom. The minimum absolute atomic E-state index is 0.106. The average molecular weight is 345 g/mol. The normalized spacial score (nSPS) is 18.8. The van der Waals surface area contributed by atoms with E-state index in [-0.39, 0.29) is 6.04 Å². The highest BCUT2D eigenvalue weighted by Crippen LogP contribution is 2.32. The van der Waals surface area contributed by atoms with Gasteiger partial charge in [-0.3, -0.25) is 4.90 Å². The number of nitrogens with one attached hydrogen (secondary N) is 1. The molecule has 1 aromatic carbocycles. The third kappa shape index (κ3) is 2.84. The molecule has 24 heavy (non-hydrogen) atoms. The Labute approximate surface area is 144 Å². The standard InChI is InChI=1S/C17H17ClN4O2/c1-22-9-8-19-10-13(22)16-20-17(24-21-16)15-7-6-14(23-15)11-4-2-3-5-12(11)18/h2-7,13,19H,8-10H2,1H3. The number of hydrogen-bond acceptors (Lipinski definition) is 6. The summed E-state index contributed by atoms with van der Waals surface area (Å²) in [5, 5.41) is 8.09. The highest BCUT2D eigenvalue weighted by Gasteiger charge is 2.26. The number of hydrogen-bond donors (Lipinski definition) is 1. The highest BCUT2D eigenvalue weighted by molar-refractivity contribution is 6.33. The van der Waals surface area contributed by atoms with Crippen LogP contribution in [-0.2, 0) is 0 Å². The molecule has 124 valence electrons. The second-order valence-corrected chi connectivity index (χ2v) is 6.21. The number of nitrogens with zero attached hydrogens (tertiary/aromatic N) is 3. The van der Waals surface area contributed by atoms with Crippen molar-refractivity contribution < 1.29 is 8.94 Å². The molecule has 0 bridgehead atoms. The maximum absolute atomic E-state index is 6.21. The molecule has 1 saturated heterocycles. The molecule has 4 rings (SSSR count). The number of piperazine rings is 1. The van der Waals surface area contributed by atoms with Gasteiger partial charge in [0.2, 0.25) is 0 Å². The van der Waals surface area contributed by atoms with E-state index in [0.717, 1.165) is 25.2 Å². The second-order valence-electron chi connectivity index (χ2n) is 5.80. The fourth-order valence-corrected chi connectivity index (χ4v) is 3.05. The van der Waals surface area contributed by atoms with Crippen LogP contribution >= 0.6 is 11.6 Å². The van der Waals surface area contributed by atoms with Gasteiger partial charge in [-0.1, -0.05) is 28.9 Å². The average Bonchev–Trinajstić information content (AvgIpc) is 3.25. The van der Waals surface area contributed by atoms with Gasteiger partial charge < -0.3 is 14.3 Å². The molecule has 0 spiro atoms. The minimum Gasteiger partial charge on any atom is -0.451 e. The molecular weight excluding hydrogens is 328 g/mol. The van der Waals surface area contributed by atoms with Gasteiger partial charge in [0, 0.05) is 25.2 Å². The Kier molecular flexibility index (Phi) is 4.10. The molecule has 1 atom stereocenters. The maximum atomic E-state index is 6.21. The molecule has 1 aliphatic heterocycles. The lowest BCUT2D eigenvalue weighted by Gasteiger charge is -2.30. The van der Waals surface area contributed by atoms with Gasteiger partial charge in [0.1, 0.15) is 5.76 Å². The first-order valence-electron chi connectivity index (χ1n) is 7.82. The van der Waals surface area contributed by atoms with Gasteiger partial charge in [0.05, 0.1) is 11.1 Å². The molecule has 6 nitrogen and oxygen atoms in total. The number of halogens is 1. The lowest BCUT2D eigenvalue weighted by atomic mass is 10.2. The summed E-state index contributed by atoms with van der Waals surface area (Å²) >= 11 is 6.21. The molecule has 1 aliphatic rings. The van der Waals surface area contributed by atoms with E-state index in [0.29, 0.717) is 28.3 Å². The summed E-state index contributed by atoms with van der Waals surface area (Å²) in [4.78, 5) is 6.71. The monoisotopic (exact) mass is 344 g/mol. The van der Waals surface area contributed by atoms with Gasteiger partial charge in [-0.15, -0.1) is 0 Å². The zero-order valence-corrected chi connectivity index (χ0v) is 14.0. The van der Waals surface area contributed by atoms with Crippen LogP contribution in [0.5, 0.6) is 0 Å². The molecule has 0 radical (unpaired) electrons. The minimum atomic E-state index is 0.106. The summed E-state index contributed by atoms with van der Waals surface area (Å²) in [5.41, 5.74) is 0.835. The van der Waals surface area contributed by atoms with Crippen molar-refractivity contribution in [3.63, 3.8) is 0 Å². The van der Waals surface area contributed by atoms with Crippen LogP contribution in [-0.4, -0.2) is 41.7 Å². The van der Waals surface area contributed by atoms with Crippen molar-refractivity contribution >= 4 is 11.6 Å². The van der Waals surface area contributed by atoms with E-state index in [1.165, 1.54) is 0 Å². The van der Waals surface area contributed by atoms with Crippen molar-refractivity contribution in [1.29, 1.82) is 0 Å². The van der Waals surface area contributed by atoms with E-state index in [4.69, 9.17) is 20.5 Å². The molecule has 0 saturated carbocycles. The molecule has 0 amide bonds. The van der Waals surface area contributed by atoms with Crippen molar-refractivity contribution in [3.05, 3.63) is 47.2 Å². The Balaban J connectivity index is 1.60. The van der Waals surface area contributed by atoms with Crippen LogP contribution in [0.2, 0.25) is 5.02 Å². The summed E-state index contributed by atoms with van der Waals surface area (Å²) in [6, 6.07) is 11.3. The molecule has 3 heterocycles. The Bertz CT molecular complexity index is 844. The van der Waals surface area contributed by atoms with Crippen LogP contribution in [0.25, 0.3) is 23.0 Å². The van der Waals surface area contributed by atoms with Crippen LogP contribution in [0, 0.1) is 0 Å². The molecule has 1 N–H and O–H groups in total. The largest absolute Gasteiger partial charge is 0.451 e. The number of rotatable bonds is 3. The fraction of sp³-hybridized carbons (Fsp3) is 0.294. The van der Waals surface area contributed by atoms with E-state index < -0.39 is 0 Å². The van der Waals surface area contributed by atoms with Crippen LogP contribution in [0.15, 0.2) is 45.3 Å². The van der Waals surface area contributed by atoms with Crippen molar-refractivity contribution in [3.8, 4) is 23.0 Å². The Morgan fingerprint density at radius 2 is 2.04 bits per heavy atom. The summed E-state index contributed by atoms with van der Waals surface area (Å²) in [5.74, 6) is 2.25. The molecular formula is C17H17ClN4O2. The van der Waals surface area contributed by atoms with Crippen LogP contribution in [0.4, 0.5) is 0 Å². The summed E-state index contributed by atoms with van der Waals surface area (Å²) in [7, 11) is 2.06. The maximum Gasteiger partial charge on any atom is 0.293 e. The first-order valence-corrected chi connectivity index (χ1v) is 8.20. The topological polar surface area (TPSA) is 67.3 Å². The lowest BCUT2D eigenvalue weighted by molar-refractivity contribution is 0.190. The zero-order valence-electron chi connectivity index (χ0n) is 13.2. The predicted octanol–water partition coefficient (Wildman–Crippen LogP) is 3.23. The fourth-order valence-electron chi connectivity index (χ4n) is 2.82. The van der Waals surface area contributed by atoms with E-state index in [9.17, 15) is 0 Å². The zero-order chi connectivity index (χ0) is 16.5. The van der Waals surface area contributed by atoms with Crippen LogP contribution in [0.3, 0.4) is 0 Å². The number of aromatic nitrogens is 2. The Morgan fingerprint density at radius 1 is 1.21 bits per heavy atom. The van der Waals surface area contributed by atoms with Gasteiger partial charge in [-0.25, -0.2) is 0 Å². The van der Waals surface area contributed by atoms with Gasteiger partial charge in [-0.2, -0.15) is 4.98 Å². The first kappa shape index (κ1) is 15.4. The number of furan rings is 1. The van der Waals surface area contributed by atoms with Crippen molar-refractivity contribution in [2.45, 2.75) is 6.04 Å². The van der Waals surface area contributed by atoms with Crippen molar-refractivity contribution in [2.24, 2.45) is 0 Å². The molecule has 1 fully saturated rings. The summed E-state index contributed by atoms with van der Waals surface area (Å²) < 4.78 is 11.2. The predicted molar refractivity (Wildman–Crippen MR) is 90.7 cm³/mol. The van der Waals surface area contributed by atoms with Gasteiger partial charge >= 0.3 is 0 Å². The van der Waals surface area contributed by atoms with Crippen LogP contribution < -0.4 is 5.32 Å². The van der Waals surface area contributed by atoms with E-state index >= 15 is 0 Å². The van der Waals surface area contributed by atoms with Gasteiger partial charge in [-0.05, 0) is 31.3 Å². The van der Waals surface area contributed by atoms with E-state index in [1.807, 2.05) is 36.4 Å². The van der Waals surface area contributed by atoms with Crippen molar-refractivity contribution in [1.82, 2.24) is 20.4 Å². The van der Waals surface area contributed by atoms with Crippen LogP contribution in [0.1, 0.15) is 11.9 Å². The smallest absolute Gasteiger partial charge is 0.293 e. The number of benzene rings is 1. The highest BCUT2D eigenvalue weighted by atomic mass is 35.5. The van der Waals surface area contributed by atoms with Gasteiger partial charge in [0.15, 0.2) is 11.6 Å². The van der Waals surface area contributed by atoms with Gasteiger partial charge in [0.25, 0.3) is 5.89 Å². The quantitative estimate of drug-likeness (QED) is 0.786.